The van der Waals surface area contributed by atoms with E-state index in [1.165, 1.54) is 40.8 Å². The van der Waals surface area contributed by atoms with E-state index < -0.39 is 0 Å². The second kappa shape index (κ2) is 7.32. The van der Waals surface area contributed by atoms with E-state index in [0.717, 1.165) is 11.7 Å². The van der Waals surface area contributed by atoms with Crippen LogP contribution in [-0.4, -0.2) is 11.3 Å². The molecule has 0 bridgehead atoms. The third-order valence-corrected chi connectivity index (χ3v) is 7.23. The lowest BCUT2D eigenvalue weighted by atomic mass is 10.0. The first-order valence-corrected chi connectivity index (χ1v) is 9.42. The van der Waals surface area contributed by atoms with Crippen LogP contribution in [0.3, 0.4) is 0 Å². The van der Waals surface area contributed by atoms with Crippen LogP contribution in [0, 0.1) is 0 Å². The molecule has 1 aromatic rings. The summed E-state index contributed by atoms with van der Waals surface area (Å²) in [6.45, 7) is 2.20. The average Bonchev–Trinajstić information content (AvgIpc) is 2.83. The Balaban J connectivity index is 2.04. The van der Waals surface area contributed by atoms with Gasteiger partial charge >= 0.3 is 0 Å². The molecule has 4 heteroatoms. The van der Waals surface area contributed by atoms with Crippen LogP contribution < -0.4 is 5.73 Å². The zero-order chi connectivity index (χ0) is 13.0. The maximum Gasteiger partial charge on any atom is 0.0701 e. The molecule has 1 aliphatic rings. The van der Waals surface area contributed by atoms with Gasteiger partial charge in [-0.1, -0.05) is 26.2 Å². The average molecular weight is 348 g/mol. The van der Waals surface area contributed by atoms with E-state index in [1.807, 2.05) is 11.3 Å². The lowest BCUT2D eigenvalue weighted by molar-refractivity contribution is 0.512. The zero-order valence-electron chi connectivity index (χ0n) is 10.9. The fourth-order valence-electron chi connectivity index (χ4n) is 2.48. The van der Waals surface area contributed by atoms with Crippen LogP contribution >= 0.6 is 39.0 Å². The summed E-state index contributed by atoms with van der Waals surface area (Å²) in [4.78, 5) is 1.44. The Morgan fingerprint density at radius 3 is 2.67 bits per heavy atom. The Kier molecular flexibility index (Phi) is 6.05. The van der Waals surface area contributed by atoms with Gasteiger partial charge in [-0.3, -0.25) is 0 Å². The molecule has 0 amide bonds. The van der Waals surface area contributed by atoms with E-state index in [2.05, 4.69) is 46.7 Å². The van der Waals surface area contributed by atoms with Gasteiger partial charge in [-0.15, -0.1) is 23.1 Å². The summed E-state index contributed by atoms with van der Waals surface area (Å²) in [7, 11) is 0. The predicted octanol–water partition coefficient (Wildman–Crippen LogP) is 5.35. The molecule has 102 valence electrons. The van der Waals surface area contributed by atoms with Gasteiger partial charge < -0.3 is 5.73 Å². The second-order valence-electron chi connectivity index (χ2n) is 5.03. The number of nitrogens with two attached hydrogens (primary N) is 1. The first kappa shape index (κ1) is 14.9. The molecule has 0 aromatic carbocycles. The van der Waals surface area contributed by atoms with Gasteiger partial charge in [0, 0.05) is 16.2 Å². The molecular weight excluding hydrogens is 326 g/mol. The number of hydrogen-bond donors (Lipinski definition) is 1. The van der Waals surface area contributed by atoms with Crippen LogP contribution in [0.1, 0.15) is 55.6 Å². The van der Waals surface area contributed by atoms with Gasteiger partial charge in [0.15, 0.2) is 0 Å². The van der Waals surface area contributed by atoms with Crippen LogP contribution in [0.25, 0.3) is 0 Å². The van der Waals surface area contributed by atoms with Crippen LogP contribution in [0.15, 0.2) is 15.9 Å². The molecule has 2 unspecified atom stereocenters. The molecule has 2 atom stereocenters. The number of thiophene rings is 1. The van der Waals surface area contributed by atoms with Gasteiger partial charge in [0.2, 0.25) is 0 Å². The first-order valence-electron chi connectivity index (χ1n) is 6.87. The number of halogens is 1. The molecule has 0 saturated heterocycles. The SMILES string of the molecule is CCC(N)C(SC1CCCCC1)c1ccc(Br)s1. The topological polar surface area (TPSA) is 26.0 Å². The summed E-state index contributed by atoms with van der Waals surface area (Å²) in [5.74, 6) is 0. The highest BCUT2D eigenvalue weighted by Gasteiger charge is 2.25. The molecule has 18 heavy (non-hydrogen) atoms. The highest BCUT2D eigenvalue weighted by atomic mass is 79.9. The van der Waals surface area contributed by atoms with Crippen molar-refractivity contribution >= 4 is 39.0 Å². The lowest BCUT2D eigenvalue weighted by Crippen LogP contribution is -2.27. The molecule has 0 radical (unpaired) electrons. The van der Waals surface area contributed by atoms with Crippen molar-refractivity contribution in [1.29, 1.82) is 0 Å². The maximum absolute atomic E-state index is 6.35. The molecule has 1 nitrogen and oxygen atoms in total. The van der Waals surface area contributed by atoms with Crippen LogP contribution in [0.4, 0.5) is 0 Å². The zero-order valence-corrected chi connectivity index (χ0v) is 14.1. The van der Waals surface area contributed by atoms with E-state index >= 15 is 0 Å². The fraction of sp³-hybridized carbons (Fsp3) is 0.714. The van der Waals surface area contributed by atoms with Gasteiger partial charge in [-0.25, -0.2) is 0 Å². The summed E-state index contributed by atoms with van der Waals surface area (Å²) in [6, 6.07) is 4.67. The van der Waals surface area contributed by atoms with Crippen molar-refractivity contribution in [2.24, 2.45) is 5.73 Å². The van der Waals surface area contributed by atoms with Gasteiger partial charge in [-0.2, -0.15) is 0 Å². The first-order chi connectivity index (χ1) is 8.70. The lowest BCUT2D eigenvalue weighted by Gasteiger charge is -2.28. The van der Waals surface area contributed by atoms with Gasteiger partial charge in [0.1, 0.15) is 0 Å². The molecule has 1 aliphatic carbocycles. The van der Waals surface area contributed by atoms with E-state index in [4.69, 9.17) is 5.73 Å². The van der Waals surface area contributed by atoms with Crippen molar-refractivity contribution in [3.8, 4) is 0 Å². The highest BCUT2D eigenvalue weighted by molar-refractivity contribution is 9.11. The van der Waals surface area contributed by atoms with E-state index in [-0.39, 0.29) is 6.04 Å². The highest BCUT2D eigenvalue weighted by Crippen LogP contribution is 2.43. The minimum atomic E-state index is 0.280. The van der Waals surface area contributed by atoms with Crippen molar-refractivity contribution in [1.82, 2.24) is 0 Å². The Morgan fingerprint density at radius 2 is 2.11 bits per heavy atom. The van der Waals surface area contributed by atoms with Crippen LogP contribution in [0.5, 0.6) is 0 Å². The normalized spacial score (nSPS) is 20.8. The third kappa shape index (κ3) is 3.99. The Morgan fingerprint density at radius 1 is 1.39 bits per heavy atom. The van der Waals surface area contributed by atoms with Crippen molar-refractivity contribution < 1.29 is 0 Å². The molecule has 0 spiro atoms. The minimum absolute atomic E-state index is 0.280. The summed E-state index contributed by atoms with van der Waals surface area (Å²) < 4.78 is 1.22. The smallest absolute Gasteiger partial charge is 0.0701 e. The minimum Gasteiger partial charge on any atom is -0.326 e. The van der Waals surface area contributed by atoms with Crippen molar-refractivity contribution in [3.05, 3.63) is 20.8 Å². The Bertz CT molecular complexity index is 360. The van der Waals surface area contributed by atoms with Crippen LogP contribution in [-0.2, 0) is 0 Å². The van der Waals surface area contributed by atoms with Gasteiger partial charge in [-0.05, 0) is 47.3 Å². The van der Waals surface area contributed by atoms with Crippen molar-refractivity contribution in [2.45, 2.75) is 62.0 Å². The Labute approximate surface area is 127 Å². The van der Waals surface area contributed by atoms with E-state index in [0.29, 0.717) is 5.25 Å². The van der Waals surface area contributed by atoms with E-state index in [9.17, 15) is 0 Å². The Hall–Kier alpha value is 0.490. The van der Waals surface area contributed by atoms with Crippen molar-refractivity contribution in [3.63, 3.8) is 0 Å². The summed E-state index contributed by atoms with van der Waals surface area (Å²) in [5.41, 5.74) is 6.35. The fourth-order valence-corrected chi connectivity index (χ4v) is 5.90. The van der Waals surface area contributed by atoms with E-state index in [1.54, 1.807) is 0 Å². The summed E-state index contributed by atoms with van der Waals surface area (Å²) in [6.07, 6.45) is 8.04. The molecule has 2 rings (SSSR count). The molecule has 1 fully saturated rings. The molecule has 0 aliphatic heterocycles. The van der Waals surface area contributed by atoms with Crippen molar-refractivity contribution in [2.75, 3.05) is 0 Å². The van der Waals surface area contributed by atoms with Crippen LogP contribution in [0.2, 0.25) is 0 Å². The van der Waals surface area contributed by atoms with Gasteiger partial charge in [0.05, 0.1) is 9.04 Å². The standard InChI is InChI=1S/C14H22BrNS2/c1-2-11(16)14(12-8-9-13(15)18-12)17-10-6-4-3-5-7-10/h8-11,14H,2-7,16H2,1H3. The number of hydrogen-bond acceptors (Lipinski definition) is 3. The quantitative estimate of drug-likeness (QED) is 0.776. The molecular formula is C14H22BrNS2. The number of rotatable bonds is 5. The summed E-state index contributed by atoms with van der Waals surface area (Å²) in [5, 5.41) is 1.30. The monoisotopic (exact) mass is 347 g/mol. The third-order valence-electron chi connectivity index (χ3n) is 3.63. The molecule has 1 heterocycles. The molecule has 2 N–H and O–H groups in total. The maximum atomic E-state index is 6.35. The largest absolute Gasteiger partial charge is 0.326 e. The summed E-state index contributed by atoms with van der Waals surface area (Å²) >= 11 is 7.54. The molecule has 1 aromatic heterocycles. The predicted molar refractivity (Wildman–Crippen MR) is 87.5 cm³/mol. The number of thioether (sulfide) groups is 1. The second-order valence-corrected chi connectivity index (χ2v) is 8.97. The molecule has 1 saturated carbocycles. The van der Waals surface area contributed by atoms with Gasteiger partial charge in [0.25, 0.3) is 0 Å².